The predicted molar refractivity (Wildman–Crippen MR) is 134 cm³/mol. The monoisotopic (exact) mass is 491 g/mol. The van der Waals surface area contributed by atoms with Gasteiger partial charge in [-0.15, -0.1) is 0 Å². The number of aryl methyl sites for hydroxylation is 2. The minimum atomic E-state index is -0.435. The van der Waals surface area contributed by atoms with E-state index in [1.165, 1.54) is 6.07 Å². The minimum absolute atomic E-state index is 0.0429. The summed E-state index contributed by atoms with van der Waals surface area (Å²) in [5.41, 5.74) is 3.38. The minimum Gasteiger partial charge on any atom is -0.497 e. The molecule has 1 aromatic heterocycles. The quantitative estimate of drug-likeness (QED) is 0.273. The zero-order chi connectivity index (χ0) is 24.7. The van der Waals surface area contributed by atoms with Crippen LogP contribution in [-0.2, 0) is 13.2 Å². The van der Waals surface area contributed by atoms with E-state index in [-0.39, 0.29) is 23.7 Å². The van der Waals surface area contributed by atoms with Crippen LogP contribution >= 0.6 is 11.6 Å². The van der Waals surface area contributed by atoms with Crippen molar-refractivity contribution in [3.63, 3.8) is 0 Å². The van der Waals surface area contributed by atoms with Gasteiger partial charge in [-0.1, -0.05) is 17.7 Å². The highest BCUT2D eigenvalue weighted by molar-refractivity contribution is 6.31. The maximum absolute atomic E-state index is 14.1. The molecule has 178 valence electrons. The lowest BCUT2D eigenvalue weighted by atomic mass is 10.0. The van der Waals surface area contributed by atoms with Crippen LogP contribution in [0.3, 0.4) is 0 Å². The van der Waals surface area contributed by atoms with Gasteiger partial charge in [0.2, 0.25) is 5.78 Å². The van der Waals surface area contributed by atoms with Crippen molar-refractivity contribution >= 4 is 34.4 Å². The van der Waals surface area contributed by atoms with Crippen molar-refractivity contribution < 1.29 is 23.4 Å². The molecule has 0 amide bonds. The third-order valence-electron chi connectivity index (χ3n) is 6.13. The topological polar surface area (TPSA) is 49.7 Å². The Kier molecular flexibility index (Phi) is 5.99. The van der Waals surface area contributed by atoms with Crippen LogP contribution in [0, 0.1) is 12.7 Å². The number of rotatable bonds is 6. The first-order valence-electron chi connectivity index (χ1n) is 11.2. The molecule has 35 heavy (non-hydrogen) atoms. The van der Waals surface area contributed by atoms with Crippen LogP contribution in [0.4, 0.5) is 4.39 Å². The third-order valence-corrected chi connectivity index (χ3v) is 6.49. The Morgan fingerprint density at radius 3 is 2.71 bits per heavy atom. The molecule has 3 aromatic carbocycles. The molecule has 0 bridgehead atoms. The second-order valence-electron chi connectivity index (χ2n) is 8.30. The number of methoxy groups -OCH3 is 1. The van der Waals surface area contributed by atoms with Crippen LogP contribution in [-0.4, -0.2) is 17.5 Å². The number of allylic oxidation sites excluding steroid dienone is 1. The number of hydrogen-bond acceptors (Lipinski definition) is 4. The fraction of sp³-hybridized carbons (Fsp3) is 0.179. The van der Waals surface area contributed by atoms with Gasteiger partial charge < -0.3 is 18.8 Å². The van der Waals surface area contributed by atoms with E-state index in [1.54, 1.807) is 37.5 Å². The smallest absolute Gasteiger partial charge is 0.232 e. The summed E-state index contributed by atoms with van der Waals surface area (Å²) in [6, 6.07) is 13.7. The highest BCUT2D eigenvalue weighted by Crippen LogP contribution is 2.39. The van der Waals surface area contributed by atoms with Crippen molar-refractivity contribution in [1.29, 1.82) is 0 Å². The Morgan fingerprint density at radius 2 is 1.97 bits per heavy atom. The number of ketones is 1. The van der Waals surface area contributed by atoms with Gasteiger partial charge in [0.15, 0.2) is 5.76 Å². The lowest BCUT2D eigenvalue weighted by Crippen LogP contribution is -2.01. The van der Waals surface area contributed by atoms with Crippen LogP contribution in [0.1, 0.15) is 34.0 Å². The average molecular weight is 492 g/mol. The van der Waals surface area contributed by atoms with Crippen LogP contribution in [0.15, 0.2) is 60.5 Å². The molecular weight excluding hydrogens is 469 g/mol. The van der Waals surface area contributed by atoms with Crippen molar-refractivity contribution in [2.24, 2.45) is 0 Å². The molecule has 4 aromatic rings. The standard InChI is InChI=1S/C28H23ClFNO4/c1-4-31-14-17(20-12-18(33-3)8-9-24(20)31)11-26-28(32)27-16(2)10-19(13-25(27)35-26)34-15-21-22(29)6-5-7-23(21)30/h5-14H,4,15H2,1-3H3/b26-11-. The van der Waals surface area contributed by atoms with Crippen LogP contribution in [0.5, 0.6) is 17.2 Å². The molecule has 0 fully saturated rings. The summed E-state index contributed by atoms with van der Waals surface area (Å²) in [6.07, 6.45) is 3.76. The number of carbonyl (C=O) groups is 1. The van der Waals surface area contributed by atoms with E-state index in [1.807, 2.05) is 31.3 Å². The largest absolute Gasteiger partial charge is 0.497 e. The Morgan fingerprint density at radius 1 is 1.14 bits per heavy atom. The third kappa shape index (κ3) is 4.15. The second kappa shape index (κ2) is 9.12. The van der Waals surface area contributed by atoms with Gasteiger partial charge >= 0.3 is 0 Å². The number of fused-ring (bicyclic) bond motifs is 2. The van der Waals surface area contributed by atoms with Crippen molar-refractivity contribution in [2.75, 3.05) is 7.11 Å². The summed E-state index contributed by atoms with van der Waals surface area (Å²) < 4.78 is 33.4. The van der Waals surface area contributed by atoms with Gasteiger partial charge in [0, 0.05) is 40.8 Å². The van der Waals surface area contributed by atoms with Gasteiger partial charge in [-0.2, -0.15) is 0 Å². The van der Waals surface area contributed by atoms with Gasteiger partial charge in [-0.25, -0.2) is 4.39 Å². The number of benzene rings is 3. The number of aromatic nitrogens is 1. The lowest BCUT2D eigenvalue weighted by molar-refractivity contribution is 0.101. The highest BCUT2D eigenvalue weighted by atomic mass is 35.5. The number of ether oxygens (including phenoxy) is 3. The first kappa shape index (κ1) is 23.0. The Balaban J connectivity index is 1.46. The average Bonchev–Trinajstić information content (AvgIpc) is 3.35. The molecule has 1 aliphatic rings. The summed E-state index contributed by atoms with van der Waals surface area (Å²) in [5.74, 6) is 1.21. The van der Waals surface area contributed by atoms with Crippen LogP contribution < -0.4 is 14.2 Å². The Labute approximate surface area is 207 Å². The fourth-order valence-electron chi connectivity index (χ4n) is 4.34. The molecule has 0 spiro atoms. The first-order chi connectivity index (χ1) is 16.9. The molecule has 0 saturated carbocycles. The molecule has 0 atom stereocenters. The number of carbonyl (C=O) groups excluding carboxylic acids is 1. The Hall–Kier alpha value is -3.77. The normalized spacial score (nSPS) is 13.9. The first-order valence-corrected chi connectivity index (χ1v) is 11.6. The van der Waals surface area contributed by atoms with E-state index >= 15 is 0 Å². The molecular formula is C28H23ClFNO4. The molecule has 0 unspecified atom stereocenters. The molecule has 0 saturated heterocycles. The predicted octanol–water partition coefficient (Wildman–Crippen LogP) is 6.97. The van der Waals surface area contributed by atoms with E-state index in [2.05, 4.69) is 11.5 Å². The maximum Gasteiger partial charge on any atom is 0.232 e. The maximum atomic E-state index is 14.1. The molecule has 0 radical (unpaired) electrons. The van der Waals surface area contributed by atoms with Gasteiger partial charge in [-0.3, -0.25) is 4.79 Å². The fourth-order valence-corrected chi connectivity index (χ4v) is 4.55. The zero-order valence-electron chi connectivity index (χ0n) is 19.5. The molecule has 5 nitrogen and oxygen atoms in total. The summed E-state index contributed by atoms with van der Waals surface area (Å²) in [4.78, 5) is 13.2. The number of halogens is 2. The van der Waals surface area contributed by atoms with Crippen molar-refractivity contribution in [3.8, 4) is 17.2 Å². The van der Waals surface area contributed by atoms with Gasteiger partial charge in [0.1, 0.15) is 29.7 Å². The van der Waals surface area contributed by atoms with Crippen molar-refractivity contribution in [1.82, 2.24) is 4.57 Å². The highest BCUT2D eigenvalue weighted by Gasteiger charge is 2.30. The van der Waals surface area contributed by atoms with E-state index < -0.39 is 5.82 Å². The van der Waals surface area contributed by atoms with E-state index in [9.17, 15) is 9.18 Å². The molecule has 1 aliphatic heterocycles. The SMILES string of the molecule is CCn1cc(/C=C2\Oc3cc(OCc4c(F)cccc4Cl)cc(C)c3C2=O)c2cc(OC)ccc21. The van der Waals surface area contributed by atoms with Gasteiger partial charge in [0.05, 0.1) is 17.7 Å². The van der Waals surface area contributed by atoms with E-state index in [4.69, 9.17) is 25.8 Å². The Bertz CT molecular complexity index is 1480. The van der Waals surface area contributed by atoms with Gasteiger partial charge in [0.25, 0.3) is 0 Å². The number of nitrogens with zero attached hydrogens (tertiary/aromatic N) is 1. The van der Waals surface area contributed by atoms with E-state index in [0.29, 0.717) is 27.6 Å². The summed E-state index contributed by atoms with van der Waals surface area (Å²) in [5, 5.41) is 1.26. The van der Waals surface area contributed by atoms with E-state index in [0.717, 1.165) is 28.8 Å². The van der Waals surface area contributed by atoms with Crippen LogP contribution in [0.2, 0.25) is 5.02 Å². The summed E-state index contributed by atoms with van der Waals surface area (Å²) in [7, 11) is 1.62. The molecule has 2 heterocycles. The summed E-state index contributed by atoms with van der Waals surface area (Å²) in [6.45, 7) is 4.62. The number of hydrogen-bond donors (Lipinski definition) is 0. The summed E-state index contributed by atoms with van der Waals surface area (Å²) >= 11 is 6.10. The molecule has 5 rings (SSSR count). The number of Topliss-reactive ketones (excluding diaryl/α,β-unsaturated/α-hetero) is 1. The van der Waals surface area contributed by atoms with Gasteiger partial charge in [-0.05, 0) is 61.9 Å². The van der Waals surface area contributed by atoms with Crippen LogP contribution in [0.25, 0.3) is 17.0 Å². The molecule has 7 heteroatoms. The molecule has 0 aliphatic carbocycles. The van der Waals surface area contributed by atoms with Crippen molar-refractivity contribution in [2.45, 2.75) is 27.0 Å². The molecule has 0 N–H and O–H groups in total. The zero-order valence-corrected chi connectivity index (χ0v) is 20.3. The lowest BCUT2D eigenvalue weighted by Gasteiger charge is -2.11. The second-order valence-corrected chi connectivity index (χ2v) is 8.70. The van der Waals surface area contributed by atoms with Crippen molar-refractivity contribution in [3.05, 3.63) is 93.6 Å².